The number of benzene rings is 4. The molecule has 0 radical (unpaired) electrons. The second-order valence-corrected chi connectivity index (χ2v) is 21.4. The van der Waals surface area contributed by atoms with E-state index >= 15 is 0 Å². The number of aromatic nitrogens is 4. The number of aryl methyl sites for hydroxylation is 19. The summed E-state index contributed by atoms with van der Waals surface area (Å²) in [5.74, 6) is -10.6. The molecule has 5 unspecified atom stereocenters. The Morgan fingerprint density at radius 1 is 0.256 bits per heavy atom. The first-order chi connectivity index (χ1) is 54.4. The summed E-state index contributed by atoms with van der Waals surface area (Å²) in [5, 5.41) is 0. The highest BCUT2D eigenvalue weighted by Crippen LogP contribution is 2.34. The fraction of sp³-hybridized carbons (Fsp3) is 0.436. The van der Waals surface area contributed by atoms with Crippen LogP contribution in [0.15, 0.2) is 97.6 Å². The molecule has 4 nitrogen and oxygen atoms in total. The minimum absolute atomic E-state index is 0.0966. The van der Waals surface area contributed by atoms with Gasteiger partial charge in [0, 0.05) is 125 Å². The van der Waals surface area contributed by atoms with Crippen LogP contribution in [0.4, 0.5) is 0 Å². The van der Waals surface area contributed by atoms with E-state index in [0.717, 1.165) is 36.2 Å². The predicted molar refractivity (Wildman–Crippen MR) is 354 cm³/mol. The minimum atomic E-state index is -2.88. The number of pyridine rings is 4. The van der Waals surface area contributed by atoms with Crippen molar-refractivity contribution < 1.29 is 74.5 Å². The Labute approximate surface area is 558 Å². The molecule has 0 fully saturated rings. The van der Waals surface area contributed by atoms with Crippen molar-refractivity contribution in [2.75, 3.05) is 0 Å². The van der Waals surface area contributed by atoms with Crippen LogP contribution in [-0.2, 0) is 28.2 Å². The molecule has 8 aromatic rings. The molecule has 82 heavy (non-hydrogen) atoms. The summed E-state index contributed by atoms with van der Waals surface area (Å²) < 4.78 is 329. The fourth-order valence-corrected chi connectivity index (χ4v) is 9.67. The van der Waals surface area contributed by atoms with Gasteiger partial charge in [0.25, 0.3) is 0 Å². The quantitative estimate of drug-likeness (QED) is 0.128. The van der Waals surface area contributed by atoms with E-state index in [4.69, 9.17) is 56.2 Å². The van der Waals surface area contributed by atoms with E-state index < -0.39 is 112 Å². The minimum Gasteiger partial charge on any atom is -0.201 e. The van der Waals surface area contributed by atoms with Crippen molar-refractivity contribution in [1.29, 1.82) is 0 Å². The predicted octanol–water partition coefficient (Wildman–Crippen LogP) is 19.0. The highest BCUT2D eigenvalue weighted by molar-refractivity contribution is 5.67. The summed E-state index contributed by atoms with van der Waals surface area (Å²) in [7, 11) is 6.61. The Bertz CT molecular complexity index is 5000. The molecule has 0 spiro atoms. The number of nitrogens with zero attached hydrogens (tertiary/aromatic N) is 4. The van der Waals surface area contributed by atoms with Crippen molar-refractivity contribution in [3.63, 3.8) is 0 Å². The van der Waals surface area contributed by atoms with Gasteiger partial charge in [0.1, 0.15) is 28.2 Å². The molecule has 0 saturated carbocycles. The van der Waals surface area contributed by atoms with Gasteiger partial charge in [-0.1, -0.05) is 93.1 Å². The third kappa shape index (κ3) is 15.6. The van der Waals surface area contributed by atoms with Crippen LogP contribution in [0.3, 0.4) is 0 Å². The molecule has 0 aliphatic carbocycles. The first kappa shape index (κ1) is 28.8. The Kier molecular flexibility index (Phi) is 9.75. The third-order valence-electron chi connectivity index (χ3n) is 14.5. The molecule has 0 N–H and O–H groups in total. The Balaban J connectivity index is 0.000000293. The lowest BCUT2D eigenvalue weighted by Crippen LogP contribution is -2.32. The summed E-state index contributed by atoms with van der Waals surface area (Å²) in [5.41, 5.74) is 8.95. The molecule has 436 valence electrons. The maximum Gasteiger partial charge on any atom is 0.212 e. The lowest BCUT2D eigenvalue weighted by atomic mass is 9.90. The van der Waals surface area contributed by atoms with Crippen LogP contribution in [0, 0.1) is 103 Å². The first-order valence-electron chi connectivity index (χ1n) is 47.0. The second kappa shape index (κ2) is 27.7. The van der Waals surface area contributed by atoms with Crippen LogP contribution in [0.2, 0.25) is 0 Å². The van der Waals surface area contributed by atoms with Crippen LogP contribution >= 0.6 is 0 Å². The maximum atomic E-state index is 8.56. The molecule has 0 aliphatic heterocycles. The SMILES string of the molecule is [2H]C([2H])([2H])c1c[n+](C)c(-c2cc(C([2H])(C)C([2H])([2H])[2H])c(C([2H])([2H])[2H])cc2C)cc1C.[2H]C([2H])([2H])c1c[n+](C)c(-c2cc(C)c(C([2H])(C)C([2H])([2H])[2H])cc2C)cc1C.[2H]C([2H])([2H])c1cc(C)c(-c2cc(C([2H])(C)C([2H])([2H])[2H])c(C([2H])([2H])[2H])c[n+]2C)cc1C.[2H]C([2H])([2H])c1cc(C)c(-c2cc(C([2H])(C)C([2H])([2H])[2H])c(C([2H])([2H])[2H])c[n+]2C)cc1C([2H])(C)C([2H])([2H])[2H]. The molecule has 0 bridgehead atoms. The second-order valence-electron chi connectivity index (χ2n) is 21.4. The first-order valence-corrected chi connectivity index (χ1v) is 26.5. The van der Waals surface area contributed by atoms with Gasteiger partial charge < -0.3 is 0 Å². The van der Waals surface area contributed by atoms with Crippen LogP contribution in [0.1, 0.15) is 266 Å². The zero-order chi connectivity index (χ0) is 96.3. The summed E-state index contributed by atoms with van der Waals surface area (Å²) in [4.78, 5) is 0. The molecular formula is C78H108N4+4. The number of rotatable bonds is 9. The van der Waals surface area contributed by atoms with Crippen LogP contribution in [-0.4, -0.2) is 0 Å². The molecule has 0 saturated heterocycles. The Hall–Kier alpha value is -6.52. The molecule has 4 heterocycles. The largest absolute Gasteiger partial charge is 0.212 e. The van der Waals surface area contributed by atoms with Gasteiger partial charge in [-0.15, -0.1) is 0 Å². The van der Waals surface area contributed by atoms with Crippen molar-refractivity contribution in [3.05, 3.63) is 209 Å². The van der Waals surface area contributed by atoms with Crippen LogP contribution in [0.25, 0.3) is 45.0 Å². The van der Waals surface area contributed by atoms with E-state index in [9.17, 15) is 0 Å². The lowest BCUT2D eigenvalue weighted by Gasteiger charge is -2.16. The number of hydrogen-bond acceptors (Lipinski definition) is 0. The van der Waals surface area contributed by atoms with E-state index in [1.807, 2.05) is 19.1 Å². The van der Waals surface area contributed by atoms with Gasteiger partial charge in [-0.3, -0.25) is 0 Å². The van der Waals surface area contributed by atoms with Crippen molar-refractivity contribution in [3.8, 4) is 45.0 Å². The average molecular weight is 1140 g/mol. The fourth-order valence-electron chi connectivity index (χ4n) is 9.67. The van der Waals surface area contributed by atoms with E-state index in [1.165, 1.54) is 87.4 Å². The smallest absolute Gasteiger partial charge is 0.201 e. The highest BCUT2D eigenvalue weighted by atomic mass is 14.9. The number of hydrogen-bond donors (Lipinski definition) is 0. The van der Waals surface area contributed by atoms with Gasteiger partial charge in [0.05, 0.1) is 0 Å². The van der Waals surface area contributed by atoms with Gasteiger partial charge >= 0.3 is 0 Å². The van der Waals surface area contributed by atoms with E-state index in [0.29, 0.717) is 67.0 Å². The standard InChI is InChI=1S/C21H30N.3C19H26N/c1-13(2)18-10-20(16(6)9-15(18)5)21-11-19(14(3)4)17(7)12-22(21)8;1-12(2)17-8-15(5)18(9-14(17)4)19-10-13(3)16(6)11-20(19)7;1-12(2)17-10-18(15(5)8-14(17)4)19-9-13(3)16(6)11-20(19)7;1-12(2)17-10-19(20(7)11-16(17)6)18-9-14(4)13(3)8-15(18)5/h9-14H,1-8H3;3*8-12H,1-7H3/q4*+1/i1D3,3D3,5D3,7D3,13D,14D;1D3,6D3,12D;1D3,4D3,6D3,12D;1D3,3D3,6D3,12D. The van der Waals surface area contributed by atoms with Crippen molar-refractivity contribution in [2.45, 2.75) is 202 Å². The molecule has 0 aliphatic rings. The molecule has 4 aromatic carbocycles. The van der Waals surface area contributed by atoms with Gasteiger partial charge in [-0.2, -0.15) is 0 Å². The molecule has 5 atom stereocenters. The van der Waals surface area contributed by atoms with Gasteiger partial charge in [-0.25, -0.2) is 18.3 Å². The lowest BCUT2D eigenvalue weighted by molar-refractivity contribution is -0.660. The van der Waals surface area contributed by atoms with E-state index in [2.05, 4.69) is 0 Å². The monoisotopic (exact) mass is 1140 g/mol. The highest BCUT2D eigenvalue weighted by Gasteiger charge is 2.22. The van der Waals surface area contributed by atoms with Crippen molar-refractivity contribution >= 4 is 0 Å². The van der Waals surface area contributed by atoms with E-state index in [-0.39, 0.29) is 66.9 Å². The molecule has 4 aromatic heterocycles. The zero-order valence-electron chi connectivity index (χ0n) is 91.5. The summed E-state index contributed by atoms with van der Waals surface area (Å²) >= 11 is 0. The molecule has 4 heteroatoms. The molecular weight excluding hydrogens is 993 g/mol. The van der Waals surface area contributed by atoms with Gasteiger partial charge in [0.15, 0.2) is 24.8 Å². The van der Waals surface area contributed by atoms with Crippen LogP contribution < -0.4 is 18.3 Å². The van der Waals surface area contributed by atoms with E-state index in [1.54, 1.807) is 114 Å². The molecule has 8 rings (SSSR count). The third-order valence-corrected chi connectivity index (χ3v) is 14.5. The summed E-state index contributed by atoms with van der Waals surface area (Å²) in [6.45, 7) is -11.2. The maximum absolute atomic E-state index is 8.56. The van der Waals surface area contributed by atoms with Crippen molar-refractivity contribution in [1.82, 2.24) is 0 Å². The van der Waals surface area contributed by atoms with Gasteiger partial charge in [0.2, 0.25) is 22.8 Å². The topological polar surface area (TPSA) is 15.5 Å². The Morgan fingerprint density at radius 3 is 0.854 bits per heavy atom. The summed E-state index contributed by atoms with van der Waals surface area (Å²) in [6, 6.07) is 18.5. The zero-order valence-corrected chi connectivity index (χ0v) is 50.5. The average Bonchev–Trinajstić information content (AvgIpc) is 0.744. The van der Waals surface area contributed by atoms with Crippen LogP contribution in [0.5, 0.6) is 0 Å². The van der Waals surface area contributed by atoms with Crippen molar-refractivity contribution in [2.24, 2.45) is 28.2 Å². The van der Waals surface area contributed by atoms with Gasteiger partial charge in [-0.05, 0) is 246 Å². The normalized spacial score (nSPS) is 24.1. The summed E-state index contributed by atoms with van der Waals surface area (Å²) in [6.07, 6.45) is 5.66. The molecule has 0 amide bonds. The Morgan fingerprint density at radius 2 is 0.512 bits per heavy atom.